The monoisotopic (exact) mass is 261 g/mol. The normalized spacial score (nSPS) is 11.0. The van der Waals surface area contributed by atoms with Crippen molar-refractivity contribution in [3.63, 3.8) is 0 Å². The van der Waals surface area contributed by atoms with Crippen LogP contribution in [-0.4, -0.2) is 14.8 Å². The Bertz CT molecular complexity index is 708. The van der Waals surface area contributed by atoms with E-state index in [1.54, 1.807) is 29.3 Å². The van der Waals surface area contributed by atoms with E-state index in [9.17, 15) is 4.39 Å². The Morgan fingerprint density at radius 2 is 2.22 bits per heavy atom. The third-order valence-corrected chi connectivity index (χ3v) is 2.88. The van der Waals surface area contributed by atoms with E-state index in [1.165, 1.54) is 12.1 Å². The highest BCUT2D eigenvalue weighted by Gasteiger charge is 2.06. The Balaban J connectivity index is 2.10. The van der Waals surface area contributed by atoms with E-state index < -0.39 is 0 Å². The summed E-state index contributed by atoms with van der Waals surface area (Å²) in [6.07, 6.45) is 4.94. The fraction of sp³-hybridized carbons (Fsp3) is 0.0769. The zero-order valence-corrected chi connectivity index (χ0v) is 10.1. The molecule has 1 aromatic carbocycles. The molecule has 0 aliphatic carbocycles. The maximum absolute atomic E-state index is 13.5. The molecular formula is C13H9ClFN3. The van der Waals surface area contributed by atoms with Gasteiger partial charge in [0.15, 0.2) is 0 Å². The summed E-state index contributed by atoms with van der Waals surface area (Å²) >= 11 is 5.80. The minimum atomic E-state index is -0.274. The lowest BCUT2D eigenvalue weighted by Gasteiger charge is -2.06. The molecule has 0 unspecified atom stereocenters. The fourth-order valence-corrected chi connectivity index (χ4v) is 2.10. The van der Waals surface area contributed by atoms with Crippen LogP contribution in [0.2, 0.25) is 5.02 Å². The molecule has 0 radical (unpaired) electrons. The first-order chi connectivity index (χ1) is 8.72. The van der Waals surface area contributed by atoms with Gasteiger partial charge in [0.25, 0.3) is 0 Å². The summed E-state index contributed by atoms with van der Waals surface area (Å²) in [7, 11) is 0. The predicted molar refractivity (Wildman–Crippen MR) is 68.0 cm³/mol. The van der Waals surface area contributed by atoms with Crippen LogP contribution in [0.25, 0.3) is 10.9 Å². The number of aromatic nitrogens is 3. The Labute approximate surface area is 108 Å². The molecule has 0 N–H and O–H groups in total. The average molecular weight is 262 g/mol. The van der Waals surface area contributed by atoms with Crippen LogP contribution >= 0.6 is 11.6 Å². The molecule has 0 saturated heterocycles. The summed E-state index contributed by atoms with van der Waals surface area (Å²) in [4.78, 5) is 4.28. The SMILES string of the molecule is Fc1cc(Cn2cc(Cl)cn2)c2ncccc2c1. The molecule has 0 bridgehead atoms. The Morgan fingerprint density at radius 3 is 3.00 bits per heavy atom. The molecule has 0 atom stereocenters. The van der Waals surface area contributed by atoms with Crippen LogP contribution in [0.5, 0.6) is 0 Å². The number of hydrogen-bond acceptors (Lipinski definition) is 2. The van der Waals surface area contributed by atoms with Crippen molar-refractivity contribution in [2.24, 2.45) is 0 Å². The van der Waals surface area contributed by atoms with Gasteiger partial charge < -0.3 is 0 Å². The topological polar surface area (TPSA) is 30.7 Å². The lowest BCUT2D eigenvalue weighted by molar-refractivity contribution is 0.622. The second kappa shape index (κ2) is 4.38. The van der Waals surface area contributed by atoms with Crippen molar-refractivity contribution >= 4 is 22.5 Å². The zero-order chi connectivity index (χ0) is 12.5. The molecule has 0 fully saturated rings. The van der Waals surface area contributed by atoms with E-state index in [2.05, 4.69) is 10.1 Å². The van der Waals surface area contributed by atoms with Crippen molar-refractivity contribution in [1.82, 2.24) is 14.8 Å². The fourth-order valence-electron chi connectivity index (χ4n) is 1.95. The molecule has 3 aromatic rings. The zero-order valence-electron chi connectivity index (χ0n) is 9.35. The molecular weight excluding hydrogens is 253 g/mol. The van der Waals surface area contributed by atoms with E-state index in [0.29, 0.717) is 11.6 Å². The van der Waals surface area contributed by atoms with E-state index in [1.807, 2.05) is 6.07 Å². The van der Waals surface area contributed by atoms with Crippen molar-refractivity contribution in [2.75, 3.05) is 0 Å². The Kier molecular flexibility index (Phi) is 2.72. The first kappa shape index (κ1) is 11.2. The second-order valence-electron chi connectivity index (χ2n) is 4.00. The van der Waals surface area contributed by atoms with Gasteiger partial charge in [-0.1, -0.05) is 17.7 Å². The van der Waals surface area contributed by atoms with Crippen molar-refractivity contribution in [3.8, 4) is 0 Å². The summed E-state index contributed by atoms with van der Waals surface area (Å²) in [5.41, 5.74) is 1.57. The lowest BCUT2D eigenvalue weighted by Crippen LogP contribution is -2.02. The minimum Gasteiger partial charge on any atom is -0.267 e. The van der Waals surface area contributed by atoms with E-state index in [0.717, 1.165) is 16.5 Å². The van der Waals surface area contributed by atoms with Gasteiger partial charge in [-0.15, -0.1) is 0 Å². The number of fused-ring (bicyclic) bond motifs is 1. The van der Waals surface area contributed by atoms with Crippen LogP contribution in [0.15, 0.2) is 42.9 Å². The standard InChI is InChI=1S/C13H9ClFN3/c14-11-6-17-18(8-11)7-10-5-12(15)4-9-2-1-3-16-13(9)10/h1-6,8H,7H2. The van der Waals surface area contributed by atoms with Crippen molar-refractivity contribution in [1.29, 1.82) is 0 Å². The van der Waals surface area contributed by atoms with Gasteiger partial charge in [0, 0.05) is 23.3 Å². The van der Waals surface area contributed by atoms with E-state index >= 15 is 0 Å². The first-order valence-corrected chi connectivity index (χ1v) is 5.81. The van der Waals surface area contributed by atoms with Crippen LogP contribution < -0.4 is 0 Å². The maximum Gasteiger partial charge on any atom is 0.124 e. The van der Waals surface area contributed by atoms with Gasteiger partial charge in [-0.05, 0) is 18.2 Å². The highest BCUT2D eigenvalue weighted by atomic mass is 35.5. The molecule has 18 heavy (non-hydrogen) atoms. The molecule has 3 nitrogen and oxygen atoms in total. The largest absolute Gasteiger partial charge is 0.267 e. The first-order valence-electron chi connectivity index (χ1n) is 5.43. The third kappa shape index (κ3) is 2.07. The summed E-state index contributed by atoms with van der Waals surface area (Å²) in [6.45, 7) is 0.442. The van der Waals surface area contributed by atoms with Crippen LogP contribution in [-0.2, 0) is 6.54 Å². The Morgan fingerprint density at radius 1 is 1.33 bits per heavy atom. The number of hydrogen-bond donors (Lipinski definition) is 0. The molecule has 90 valence electrons. The summed E-state index contributed by atoms with van der Waals surface area (Å²) in [6, 6.07) is 6.58. The molecule has 2 aromatic heterocycles. The van der Waals surface area contributed by atoms with Gasteiger partial charge in [-0.25, -0.2) is 4.39 Å². The highest BCUT2D eigenvalue weighted by molar-refractivity contribution is 6.30. The molecule has 0 amide bonds. The lowest BCUT2D eigenvalue weighted by atomic mass is 10.1. The Hall–Kier alpha value is -1.94. The van der Waals surface area contributed by atoms with Gasteiger partial charge in [-0.3, -0.25) is 9.67 Å². The maximum atomic E-state index is 13.5. The van der Waals surface area contributed by atoms with Crippen molar-refractivity contribution in [2.45, 2.75) is 6.54 Å². The van der Waals surface area contributed by atoms with Crippen LogP contribution in [0.4, 0.5) is 4.39 Å². The number of pyridine rings is 1. The molecule has 0 saturated carbocycles. The molecule has 2 heterocycles. The molecule has 0 aliphatic heterocycles. The molecule has 0 aliphatic rings. The second-order valence-corrected chi connectivity index (χ2v) is 4.43. The predicted octanol–water partition coefficient (Wildman–Crippen LogP) is 3.27. The summed E-state index contributed by atoms with van der Waals surface area (Å²) in [5, 5.41) is 5.42. The summed E-state index contributed by atoms with van der Waals surface area (Å²) < 4.78 is 15.2. The highest BCUT2D eigenvalue weighted by Crippen LogP contribution is 2.19. The van der Waals surface area contributed by atoms with Gasteiger partial charge in [-0.2, -0.15) is 5.10 Å². The number of nitrogens with zero attached hydrogens (tertiary/aromatic N) is 3. The number of benzene rings is 1. The summed E-state index contributed by atoms with van der Waals surface area (Å²) in [5.74, 6) is -0.274. The molecule has 5 heteroatoms. The molecule has 0 spiro atoms. The van der Waals surface area contributed by atoms with Gasteiger partial charge in [0.05, 0.1) is 23.3 Å². The number of halogens is 2. The van der Waals surface area contributed by atoms with E-state index in [-0.39, 0.29) is 5.82 Å². The minimum absolute atomic E-state index is 0.274. The van der Waals surface area contributed by atoms with Crippen molar-refractivity contribution < 1.29 is 4.39 Å². The van der Waals surface area contributed by atoms with Gasteiger partial charge >= 0.3 is 0 Å². The molecule has 3 rings (SSSR count). The van der Waals surface area contributed by atoms with E-state index in [4.69, 9.17) is 11.6 Å². The van der Waals surface area contributed by atoms with Crippen molar-refractivity contribution in [3.05, 3.63) is 59.3 Å². The van der Waals surface area contributed by atoms with Crippen LogP contribution in [0.3, 0.4) is 0 Å². The van der Waals surface area contributed by atoms with Gasteiger partial charge in [0.2, 0.25) is 0 Å². The number of rotatable bonds is 2. The van der Waals surface area contributed by atoms with Gasteiger partial charge in [0.1, 0.15) is 5.82 Å². The third-order valence-electron chi connectivity index (χ3n) is 2.68. The van der Waals surface area contributed by atoms with Crippen LogP contribution in [0, 0.1) is 5.82 Å². The smallest absolute Gasteiger partial charge is 0.124 e. The average Bonchev–Trinajstić information content (AvgIpc) is 2.74. The quantitative estimate of drug-likeness (QED) is 0.709. The van der Waals surface area contributed by atoms with Crippen LogP contribution in [0.1, 0.15) is 5.56 Å².